The van der Waals surface area contributed by atoms with Gasteiger partial charge in [-0.15, -0.1) is 0 Å². The van der Waals surface area contributed by atoms with Crippen molar-refractivity contribution in [3.63, 3.8) is 0 Å². The number of amides is 1. The minimum absolute atomic E-state index is 0.251. The van der Waals surface area contributed by atoms with Crippen LogP contribution >= 0.6 is 0 Å². The van der Waals surface area contributed by atoms with Gasteiger partial charge in [0, 0.05) is 5.69 Å². The van der Waals surface area contributed by atoms with E-state index >= 15 is 0 Å². The summed E-state index contributed by atoms with van der Waals surface area (Å²) >= 11 is 0. The summed E-state index contributed by atoms with van der Waals surface area (Å²) in [5.41, 5.74) is 0.473. The summed E-state index contributed by atoms with van der Waals surface area (Å²) in [6.45, 7) is -0.251. The number of carbonyl (C=O) groups is 3. The predicted molar refractivity (Wildman–Crippen MR) is 67.2 cm³/mol. The standard InChI is InChI=1S/C13H13NO6/c1-18-9-5-3-8(4-6-9)14-7-10(15)20-11(12(14)16)13(17)19-2/h3-6,11H,7H2,1-2H3. The molecule has 0 N–H and O–H groups in total. The first-order valence-corrected chi connectivity index (χ1v) is 5.79. The number of benzene rings is 1. The molecule has 1 aliphatic heterocycles. The molecule has 1 fully saturated rings. The molecule has 1 amide bonds. The number of esters is 2. The van der Waals surface area contributed by atoms with E-state index in [2.05, 4.69) is 4.74 Å². The number of morpholine rings is 1. The molecule has 2 rings (SSSR count). The molecule has 0 radical (unpaired) electrons. The summed E-state index contributed by atoms with van der Waals surface area (Å²) in [5, 5.41) is 0. The zero-order valence-corrected chi connectivity index (χ0v) is 11.0. The first-order chi connectivity index (χ1) is 9.56. The highest BCUT2D eigenvalue weighted by atomic mass is 16.6. The highest BCUT2D eigenvalue weighted by Crippen LogP contribution is 2.22. The summed E-state index contributed by atoms with van der Waals surface area (Å²) in [6.07, 6.45) is -1.55. The van der Waals surface area contributed by atoms with Crippen LogP contribution in [0.2, 0.25) is 0 Å². The number of ether oxygens (including phenoxy) is 3. The largest absolute Gasteiger partial charge is 0.497 e. The summed E-state index contributed by atoms with van der Waals surface area (Å²) in [4.78, 5) is 36.2. The zero-order valence-electron chi connectivity index (χ0n) is 11.0. The van der Waals surface area contributed by atoms with E-state index in [1.54, 1.807) is 24.3 Å². The smallest absolute Gasteiger partial charge is 0.357 e. The molecule has 0 saturated carbocycles. The summed E-state index contributed by atoms with van der Waals surface area (Å²) in [7, 11) is 2.64. The van der Waals surface area contributed by atoms with Crippen molar-refractivity contribution in [2.45, 2.75) is 6.10 Å². The lowest BCUT2D eigenvalue weighted by molar-refractivity contribution is -0.172. The molecule has 106 valence electrons. The van der Waals surface area contributed by atoms with Gasteiger partial charge in [0.1, 0.15) is 12.3 Å². The van der Waals surface area contributed by atoms with Crippen molar-refractivity contribution in [1.29, 1.82) is 0 Å². The molecule has 7 heteroatoms. The molecule has 20 heavy (non-hydrogen) atoms. The highest BCUT2D eigenvalue weighted by Gasteiger charge is 2.41. The molecule has 1 aromatic rings. The Hall–Kier alpha value is -2.57. The van der Waals surface area contributed by atoms with Gasteiger partial charge in [-0.05, 0) is 24.3 Å². The minimum Gasteiger partial charge on any atom is -0.497 e. The van der Waals surface area contributed by atoms with Gasteiger partial charge in [-0.25, -0.2) is 4.79 Å². The maximum Gasteiger partial charge on any atom is 0.357 e. The van der Waals surface area contributed by atoms with Gasteiger partial charge in [0.05, 0.1) is 14.2 Å². The van der Waals surface area contributed by atoms with E-state index in [9.17, 15) is 14.4 Å². The minimum atomic E-state index is -1.55. The van der Waals surface area contributed by atoms with Crippen LogP contribution in [0.3, 0.4) is 0 Å². The SMILES string of the molecule is COC(=O)C1OC(=O)CN(c2ccc(OC)cc2)C1=O. The van der Waals surface area contributed by atoms with E-state index in [0.29, 0.717) is 11.4 Å². The Balaban J connectivity index is 2.27. The molecule has 1 aromatic carbocycles. The van der Waals surface area contributed by atoms with Crippen LogP contribution in [0.1, 0.15) is 0 Å². The second-order valence-corrected chi connectivity index (χ2v) is 4.02. The second-order valence-electron chi connectivity index (χ2n) is 4.02. The number of hydrogen-bond donors (Lipinski definition) is 0. The lowest BCUT2D eigenvalue weighted by Crippen LogP contribution is -2.53. The van der Waals surface area contributed by atoms with Crippen molar-refractivity contribution in [2.75, 3.05) is 25.7 Å². The number of cyclic esters (lactones) is 1. The lowest BCUT2D eigenvalue weighted by atomic mass is 10.2. The summed E-state index contributed by atoms with van der Waals surface area (Å²) < 4.78 is 14.2. The number of rotatable bonds is 3. The summed E-state index contributed by atoms with van der Waals surface area (Å²) in [5.74, 6) is -1.59. The van der Waals surface area contributed by atoms with Gasteiger partial charge < -0.3 is 14.2 Å². The molecule has 0 spiro atoms. The van der Waals surface area contributed by atoms with Gasteiger partial charge in [-0.3, -0.25) is 14.5 Å². The first kappa shape index (κ1) is 13.9. The third kappa shape index (κ3) is 2.56. The molecule has 0 aliphatic carbocycles. The third-order valence-corrected chi connectivity index (χ3v) is 2.83. The van der Waals surface area contributed by atoms with Crippen molar-refractivity contribution in [2.24, 2.45) is 0 Å². The third-order valence-electron chi connectivity index (χ3n) is 2.83. The second kappa shape index (κ2) is 5.60. The van der Waals surface area contributed by atoms with Gasteiger partial charge in [0.2, 0.25) is 0 Å². The average Bonchev–Trinajstić information content (AvgIpc) is 2.48. The molecule has 1 saturated heterocycles. The summed E-state index contributed by atoms with van der Waals surface area (Å²) in [6, 6.07) is 6.53. The van der Waals surface area contributed by atoms with Crippen LogP contribution in [-0.4, -0.2) is 44.7 Å². The Morgan fingerprint density at radius 3 is 2.45 bits per heavy atom. The Morgan fingerprint density at radius 2 is 1.90 bits per heavy atom. The first-order valence-electron chi connectivity index (χ1n) is 5.79. The van der Waals surface area contributed by atoms with Crippen LogP contribution in [0.4, 0.5) is 5.69 Å². The normalized spacial score (nSPS) is 18.5. The molecule has 7 nitrogen and oxygen atoms in total. The Labute approximate surface area is 115 Å². The Morgan fingerprint density at radius 1 is 1.25 bits per heavy atom. The van der Waals surface area contributed by atoms with Gasteiger partial charge in [-0.2, -0.15) is 0 Å². The number of carbonyl (C=O) groups excluding carboxylic acids is 3. The number of methoxy groups -OCH3 is 2. The number of anilines is 1. The number of nitrogens with zero attached hydrogens (tertiary/aromatic N) is 1. The molecule has 1 unspecified atom stereocenters. The highest BCUT2D eigenvalue weighted by molar-refractivity contribution is 6.13. The molecule has 0 aromatic heterocycles. The maximum atomic E-state index is 12.1. The van der Waals surface area contributed by atoms with Crippen molar-refractivity contribution in [3.8, 4) is 5.75 Å². The molecule has 1 heterocycles. The van der Waals surface area contributed by atoms with E-state index in [1.807, 2.05) is 0 Å². The fraction of sp³-hybridized carbons (Fsp3) is 0.308. The molecule has 1 aliphatic rings. The molecule has 1 atom stereocenters. The van der Waals surface area contributed by atoms with Crippen LogP contribution in [0.25, 0.3) is 0 Å². The molecule has 0 bridgehead atoms. The molecular weight excluding hydrogens is 266 g/mol. The van der Waals surface area contributed by atoms with Crippen LogP contribution < -0.4 is 9.64 Å². The van der Waals surface area contributed by atoms with Crippen molar-refractivity contribution < 1.29 is 28.6 Å². The van der Waals surface area contributed by atoms with Crippen molar-refractivity contribution >= 4 is 23.5 Å². The van der Waals surface area contributed by atoms with Crippen LogP contribution in [0.5, 0.6) is 5.75 Å². The lowest BCUT2D eigenvalue weighted by Gasteiger charge is -2.30. The quantitative estimate of drug-likeness (QED) is 0.577. The van der Waals surface area contributed by atoms with Crippen molar-refractivity contribution in [1.82, 2.24) is 0 Å². The van der Waals surface area contributed by atoms with Crippen LogP contribution in [0, 0.1) is 0 Å². The van der Waals surface area contributed by atoms with Gasteiger partial charge in [-0.1, -0.05) is 0 Å². The monoisotopic (exact) mass is 279 g/mol. The van der Waals surface area contributed by atoms with E-state index in [4.69, 9.17) is 9.47 Å². The van der Waals surface area contributed by atoms with E-state index < -0.39 is 23.9 Å². The predicted octanol–water partition coefficient (Wildman–Crippen LogP) is 0.127. The van der Waals surface area contributed by atoms with Gasteiger partial charge in [0.15, 0.2) is 0 Å². The fourth-order valence-corrected chi connectivity index (χ4v) is 1.80. The fourth-order valence-electron chi connectivity index (χ4n) is 1.80. The average molecular weight is 279 g/mol. The van der Waals surface area contributed by atoms with E-state index in [-0.39, 0.29) is 6.54 Å². The van der Waals surface area contributed by atoms with Gasteiger partial charge >= 0.3 is 11.9 Å². The van der Waals surface area contributed by atoms with E-state index in [1.165, 1.54) is 12.0 Å². The van der Waals surface area contributed by atoms with Crippen LogP contribution in [-0.2, 0) is 23.9 Å². The van der Waals surface area contributed by atoms with Crippen LogP contribution in [0.15, 0.2) is 24.3 Å². The van der Waals surface area contributed by atoms with E-state index in [0.717, 1.165) is 7.11 Å². The maximum absolute atomic E-state index is 12.1. The topological polar surface area (TPSA) is 82.1 Å². The zero-order chi connectivity index (χ0) is 14.7. The molecular formula is C13H13NO6. The Bertz CT molecular complexity index is 538. The van der Waals surface area contributed by atoms with Crippen molar-refractivity contribution in [3.05, 3.63) is 24.3 Å². The number of hydrogen-bond acceptors (Lipinski definition) is 6. The van der Waals surface area contributed by atoms with Gasteiger partial charge in [0.25, 0.3) is 12.0 Å². The Kier molecular flexibility index (Phi) is 3.88.